The number of hydrogen-bond acceptors (Lipinski definition) is 5. The minimum atomic E-state index is -0.947. The third-order valence-corrected chi connectivity index (χ3v) is 2.96. The number of nitrogens with two attached hydrogens (primary N) is 1. The van der Waals surface area contributed by atoms with Crippen LogP contribution < -0.4 is 5.73 Å². The van der Waals surface area contributed by atoms with Crippen molar-refractivity contribution in [3.8, 4) is 11.1 Å². The van der Waals surface area contributed by atoms with E-state index in [4.69, 9.17) is 10.8 Å². The SMILES string of the molecule is Nc1ncnc2c1c(-c1cccnc1)cn2CC(=O)O. The van der Waals surface area contributed by atoms with Crippen LogP contribution in [0.3, 0.4) is 0 Å². The first kappa shape index (κ1) is 12.1. The zero-order valence-electron chi connectivity index (χ0n) is 10.4. The molecule has 0 unspecified atom stereocenters. The molecule has 0 saturated carbocycles. The van der Waals surface area contributed by atoms with Crippen LogP contribution in [0.5, 0.6) is 0 Å². The van der Waals surface area contributed by atoms with Crippen LogP contribution in [0.15, 0.2) is 37.1 Å². The lowest BCUT2D eigenvalue weighted by Gasteiger charge is -2.00. The predicted octanol–water partition coefficient (Wildman–Crippen LogP) is 1.16. The first-order valence-corrected chi connectivity index (χ1v) is 5.88. The third kappa shape index (κ3) is 1.95. The fourth-order valence-corrected chi connectivity index (χ4v) is 2.15. The summed E-state index contributed by atoms with van der Waals surface area (Å²) in [5.74, 6) is -0.630. The summed E-state index contributed by atoms with van der Waals surface area (Å²) < 4.78 is 1.54. The van der Waals surface area contributed by atoms with Crippen LogP contribution in [-0.4, -0.2) is 30.6 Å². The molecule has 0 aromatic carbocycles. The molecule has 0 radical (unpaired) electrons. The highest BCUT2D eigenvalue weighted by atomic mass is 16.4. The Labute approximate surface area is 113 Å². The number of aromatic nitrogens is 4. The monoisotopic (exact) mass is 269 g/mol. The highest BCUT2D eigenvalue weighted by Crippen LogP contribution is 2.31. The van der Waals surface area contributed by atoms with Gasteiger partial charge in [0.25, 0.3) is 0 Å². The molecule has 0 bridgehead atoms. The number of nitrogen functional groups attached to an aromatic ring is 1. The Hall–Kier alpha value is -2.96. The molecule has 0 aliphatic rings. The van der Waals surface area contributed by atoms with Gasteiger partial charge in [0.05, 0.1) is 5.39 Å². The quantitative estimate of drug-likeness (QED) is 0.738. The Bertz CT molecular complexity index is 782. The number of carboxylic acids is 1. The van der Waals surface area contributed by atoms with Crippen LogP contribution in [-0.2, 0) is 11.3 Å². The maximum absolute atomic E-state index is 10.9. The van der Waals surface area contributed by atoms with E-state index in [9.17, 15) is 4.79 Å². The molecule has 100 valence electrons. The summed E-state index contributed by atoms with van der Waals surface area (Å²) in [7, 11) is 0. The van der Waals surface area contributed by atoms with Crippen molar-refractivity contribution >= 4 is 22.8 Å². The second kappa shape index (κ2) is 4.61. The number of hydrogen-bond donors (Lipinski definition) is 2. The zero-order chi connectivity index (χ0) is 14.1. The minimum absolute atomic E-state index is 0.187. The summed E-state index contributed by atoms with van der Waals surface area (Å²) in [5, 5.41) is 9.61. The van der Waals surface area contributed by atoms with Crippen molar-refractivity contribution in [3.63, 3.8) is 0 Å². The summed E-state index contributed by atoms with van der Waals surface area (Å²) >= 11 is 0. The van der Waals surface area contributed by atoms with Gasteiger partial charge in [0.2, 0.25) is 0 Å². The van der Waals surface area contributed by atoms with E-state index in [0.717, 1.165) is 11.1 Å². The molecule has 0 saturated heterocycles. The lowest BCUT2D eigenvalue weighted by atomic mass is 10.1. The molecule has 3 heterocycles. The van der Waals surface area contributed by atoms with E-state index in [1.54, 1.807) is 24.7 Å². The summed E-state index contributed by atoms with van der Waals surface area (Å²) in [6.45, 7) is -0.187. The lowest BCUT2D eigenvalue weighted by Crippen LogP contribution is -2.08. The average molecular weight is 269 g/mol. The molecule has 3 N–H and O–H groups in total. The molecule has 7 nitrogen and oxygen atoms in total. The molecule has 0 aliphatic carbocycles. The number of pyridine rings is 1. The van der Waals surface area contributed by atoms with Crippen LogP contribution in [0.2, 0.25) is 0 Å². The number of nitrogens with zero attached hydrogens (tertiary/aromatic N) is 4. The predicted molar refractivity (Wildman–Crippen MR) is 72.8 cm³/mol. The molecule has 0 amide bonds. The van der Waals surface area contributed by atoms with Crippen LogP contribution in [0.4, 0.5) is 5.82 Å². The number of rotatable bonds is 3. The maximum Gasteiger partial charge on any atom is 0.323 e. The smallest absolute Gasteiger partial charge is 0.323 e. The van der Waals surface area contributed by atoms with Gasteiger partial charge in [-0.3, -0.25) is 9.78 Å². The maximum atomic E-state index is 10.9. The van der Waals surface area contributed by atoms with Crippen molar-refractivity contribution in [2.45, 2.75) is 6.54 Å². The van der Waals surface area contributed by atoms with Gasteiger partial charge in [-0.1, -0.05) is 6.07 Å². The number of anilines is 1. The van der Waals surface area contributed by atoms with E-state index in [1.807, 2.05) is 6.07 Å². The minimum Gasteiger partial charge on any atom is -0.480 e. The second-order valence-electron chi connectivity index (χ2n) is 4.26. The first-order valence-electron chi connectivity index (χ1n) is 5.88. The van der Waals surface area contributed by atoms with Crippen molar-refractivity contribution in [2.24, 2.45) is 0 Å². The van der Waals surface area contributed by atoms with Crippen molar-refractivity contribution in [3.05, 3.63) is 37.1 Å². The average Bonchev–Trinajstić information content (AvgIpc) is 2.79. The number of fused-ring (bicyclic) bond motifs is 1. The zero-order valence-corrected chi connectivity index (χ0v) is 10.4. The Morgan fingerprint density at radius 3 is 2.95 bits per heavy atom. The van der Waals surface area contributed by atoms with E-state index < -0.39 is 5.97 Å². The molecular weight excluding hydrogens is 258 g/mol. The molecule has 0 fully saturated rings. The van der Waals surface area contributed by atoms with Gasteiger partial charge in [-0.25, -0.2) is 9.97 Å². The first-order chi connectivity index (χ1) is 9.66. The van der Waals surface area contributed by atoms with Crippen LogP contribution in [0.1, 0.15) is 0 Å². The van der Waals surface area contributed by atoms with Gasteiger partial charge >= 0.3 is 5.97 Å². The van der Waals surface area contributed by atoms with Gasteiger partial charge in [0, 0.05) is 29.7 Å². The van der Waals surface area contributed by atoms with E-state index in [1.165, 1.54) is 10.9 Å². The van der Waals surface area contributed by atoms with E-state index in [0.29, 0.717) is 16.9 Å². The second-order valence-corrected chi connectivity index (χ2v) is 4.26. The number of aliphatic carboxylic acids is 1. The molecule has 0 atom stereocenters. The van der Waals surface area contributed by atoms with Crippen LogP contribution in [0.25, 0.3) is 22.2 Å². The molecule has 0 aliphatic heterocycles. The topological polar surface area (TPSA) is 107 Å². The molecule has 7 heteroatoms. The molecule has 20 heavy (non-hydrogen) atoms. The molecule has 3 aromatic heterocycles. The summed E-state index contributed by atoms with van der Waals surface area (Å²) in [5.41, 5.74) is 8.01. The summed E-state index contributed by atoms with van der Waals surface area (Å²) in [6.07, 6.45) is 6.38. The number of carbonyl (C=O) groups is 1. The van der Waals surface area contributed by atoms with Gasteiger partial charge in [0.1, 0.15) is 24.3 Å². The molecule has 0 spiro atoms. The van der Waals surface area contributed by atoms with Crippen molar-refractivity contribution in [2.75, 3.05) is 5.73 Å². The summed E-state index contributed by atoms with van der Waals surface area (Å²) in [4.78, 5) is 23.1. The molecular formula is C13H11N5O2. The van der Waals surface area contributed by atoms with Crippen molar-refractivity contribution < 1.29 is 9.90 Å². The Morgan fingerprint density at radius 1 is 1.40 bits per heavy atom. The Kier molecular flexibility index (Phi) is 2.79. The lowest BCUT2D eigenvalue weighted by molar-refractivity contribution is -0.137. The third-order valence-electron chi connectivity index (χ3n) is 2.96. The van der Waals surface area contributed by atoms with Gasteiger partial charge < -0.3 is 15.4 Å². The van der Waals surface area contributed by atoms with E-state index >= 15 is 0 Å². The fourth-order valence-electron chi connectivity index (χ4n) is 2.15. The highest BCUT2D eigenvalue weighted by Gasteiger charge is 2.16. The Balaban J connectivity index is 2.29. The molecule has 3 rings (SSSR count). The van der Waals surface area contributed by atoms with Crippen molar-refractivity contribution in [1.29, 1.82) is 0 Å². The largest absolute Gasteiger partial charge is 0.480 e. The standard InChI is InChI=1S/C13H11N5O2/c14-12-11-9(8-2-1-3-15-4-8)5-18(6-10(19)20)13(11)17-7-16-12/h1-5,7H,6H2,(H,19,20)(H2,14,16,17). The Morgan fingerprint density at radius 2 is 2.25 bits per heavy atom. The van der Waals surface area contributed by atoms with Gasteiger partial charge in [-0.15, -0.1) is 0 Å². The normalized spacial score (nSPS) is 10.8. The molecule has 3 aromatic rings. The van der Waals surface area contributed by atoms with E-state index in [-0.39, 0.29) is 6.54 Å². The highest BCUT2D eigenvalue weighted by molar-refractivity contribution is 6.00. The van der Waals surface area contributed by atoms with Gasteiger partial charge in [-0.05, 0) is 6.07 Å². The fraction of sp³-hybridized carbons (Fsp3) is 0.0769. The van der Waals surface area contributed by atoms with Crippen molar-refractivity contribution in [1.82, 2.24) is 19.5 Å². The van der Waals surface area contributed by atoms with Crippen LogP contribution >= 0.6 is 0 Å². The van der Waals surface area contributed by atoms with E-state index in [2.05, 4.69) is 15.0 Å². The number of carboxylic acid groups (broad SMARTS) is 1. The van der Waals surface area contributed by atoms with Gasteiger partial charge in [-0.2, -0.15) is 0 Å². The van der Waals surface area contributed by atoms with Gasteiger partial charge in [0.15, 0.2) is 0 Å². The van der Waals surface area contributed by atoms with Crippen LogP contribution in [0, 0.1) is 0 Å². The summed E-state index contributed by atoms with van der Waals surface area (Å²) in [6, 6.07) is 3.68.